The first-order chi connectivity index (χ1) is 9.99. The second-order valence-electron chi connectivity index (χ2n) is 5.14. The molecule has 1 heterocycles. The van der Waals surface area contributed by atoms with Crippen LogP contribution in [0.2, 0.25) is 0 Å². The van der Waals surface area contributed by atoms with E-state index in [1.807, 2.05) is 0 Å². The summed E-state index contributed by atoms with van der Waals surface area (Å²) in [6.07, 6.45) is 0.147. The summed E-state index contributed by atoms with van der Waals surface area (Å²) in [4.78, 5) is 17.5. The van der Waals surface area contributed by atoms with Gasteiger partial charge in [-0.25, -0.2) is 13.8 Å². The van der Waals surface area contributed by atoms with E-state index >= 15 is 0 Å². The molecule has 0 spiro atoms. The predicted octanol–water partition coefficient (Wildman–Crippen LogP) is 1.57. The van der Waals surface area contributed by atoms with Crippen LogP contribution in [-0.2, 0) is 0 Å². The number of alkyl halides is 2. The molecular formula is C14H18F2N2O3. The summed E-state index contributed by atoms with van der Waals surface area (Å²) in [5.74, 6) is -0.186. The van der Waals surface area contributed by atoms with Crippen LogP contribution in [0.3, 0.4) is 0 Å². The summed E-state index contributed by atoms with van der Waals surface area (Å²) < 4.78 is 29.3. The van der Waals surface area contributed by atoms with Crippen LogP contribution in [0, 0.1) is 5.92 Å². The van der Waals surface area contributed by atoms with Crippen LogP contribution in [0.15, 0.2) is 18.3 Å². The fraction of sp³-hybridized carbons (Fsp3) is 0.571. The SMILES string of the molecule is CN(CC(O)C1CC1)C(=O)c1ncccc1OCC(F)F. The number of pyridine rings is 1. The van der Waals surface area contributed by atoms with Gasteiger partial charge in [0, 0.05) is 19.8 Å². The molecule has 21 heavy (non-hydrogen) atoms. The van der Waals surface area contributed by atoms with Crippen molar-refractivity contribution in [1.29, 1.82) is 0 Å². The average Bonchev–Trinajstić information content (AvgIpc) is 3.29. The quantitative estimate of drug-likeness (QED) is 0.830. The number of aliphatic hydroxyl groups is 1. The van der Waals surface area contributed by atoms with Gasteiger partial charge in [-0.05, 0) is 30.9 Å². The Morgan fingerprint density at radius 3 is 2.90 bits per heavy atom. The van der Waals surface area contributed by atoms with E-state index in [0.717, 1.165) is 12.8 Å². The van der Waals surface area contributed by atoms with Gasteiger partial charge in [0.2, 0.25) is 0 Å². The minimum absolute atomic E-state index is 0.0237. The predicted molar refractivity (Wildman–Crippen MR) is 71.4 cm³/mol. The second-order valence-corrected chi connectivity index (χ2v) is 5.14. The van der Waals surface area contributed by atoms with Crippen LogP contribution in [-0.4, -0.2) is 53.6 Å². The summed E-state index contributed by atoms with van der Waals surface area (Å²) in [5.41, 5.74) is -0.0244. The molecule has 1 N–H and O–H groups in total. The van der Waals surface area contributed by atoms with Crippen LogP contribution in [0.5, 0.6) is 5.75 Å². The Morgan fingerprint density at radius 1 is 1.57 bits per heavy atom. The largest absolute Gasteiger partial charge is 0.485 e. The van der Waals surface area contributed by atoms with Crippen molar-refractivity contribution in [1.82, 2.24) is 9.88 Å². The number of carbonyl (C=O) groups is 1. The third-order valence-electron chi connectivity index (χ3n) is 3.31. The van der Waals surface area contributed by atoms with E-state index in [2.05, 4.69) is 4.98 Å². The molecule has 2 rings (SSSR count). The third-order valence-corrected chi connectivity index (χ3v) is 3.31. The third kappa shape index (κ3) is 4.35. The number of likely N-dealkylation sites (N-methyl/N-ethyl adjacent to an activating group) is 1. The first-order valence-corrected chi connectivity index (χ1v) is 6.78. The molecule has 0 saturated heterocycles. The lowest BCUT2D eigenvalue weighted by Gasteiger charge is -2.21. The molecule has 1 aromatic rings. The minimum Gasteiger partial charge on any atom is -0.485 e. The molecule has 1 aromatic heterocycles. The van der Waals surface area contributed by atoms with Gasteiger partial charge in [0.25, 0.3) is 12.3 Å². The van der Waals surface area contributed by atoms with Crippen molar-refractivity contribution in [3.8, 4) is 5.75 Å². The number of amides is 1. The van der Waals surface area contributed by atoms with E-state index in [-0.39, 0.29) is 23.9 Å². The van der Waals surface area contributed by atoms with Gasteiger partial charge in [0.1, 0.15) is 6.61 Å². The normalized spacial score (nSPS) is 15.9. The second kappa shape index (κ2) is 6.80. The number of halogens is 2. The number of rotatable bonds is 7. The molecule has 0 aliphatic heterocycles. The van der Waals surface area contributed by atoms with E-state index in [1.54, 1.807) is 7.05 Å². The van der Waals surface area contributed by atoms with E-state index in [1.165, 1.54) is 23.2 Å². The summed E-state index contributed by atoms with van der Waals surface area (Å²) in [7, 11) is 1.54. The maximum absolute atomic E-state index is 12.3. The molecule has 0 radical (unpaired) electrons. The highest BCUT2D eigenvalue weighted by Crippen LogP contribution is 2.33. The number of aliphatic hydroxyl groups excluding tert-OH is 1. The van der Waals surface area contributed by atoms with E-state index in [9.17, 15) is 18.7 Å². The minimum atomic E-state index is -2.62. The molecule has 0 aromatic carbocycles. The van der Waals surface area contributed by atoms with E-state index in [0.29, 0.717) is 0 Å². The Balaban J connectivity index is 2.03. The zero-order valence-electron chi connectivity index (χ0n) is 11.7. The lowest BCUT2D eigenvalue weighted by atomic mass is 10.2. The number of hydrogen-bond donors (Lipinski definition) is 1. The summed E-state index contributed by atoms with van der Waals surface area (Å²) >= 11 is 0. The number of hydrogen-bond acceptors (Lipinski definition) is 4. The van der Waals surface area contributed by atoms with Crippen molar-refractivity contribution in [2.75, 3.05) is 20.2 Å². The Morgan fingerprint density at radius 2 is 2.29 bits per heavy atom. The fourth-order valence-corrected chi connectivity index (χ4v) is 1.99. The summed E-state index contributed by atoms with van der Waals surface area (Å²) in [6, 6.07) is 2.93. The topological polar surface area (TPSA) is 62.7 Å². The van der Waals surface area contributed by atoms with Crippen molar-refractivity contribution in [2.24, 2.45) is 5.92 Å². The maximum atomic E-state index is 12.3. The van der Waals surface area contributed by atoms with E-state index < -0.39 is 25.0 Å². The first-order valence-electron chi connectivity index (χ1n) is 6.78. The molecule has 1 unspecified atom stereocenters. The molecule has 1 saturated carbocycles. The van der Waals surface area contributed by atoms with Gasteiger partial charge in [0.15, 0.2) is 11.4 Å². The molecule has 1 fully saturated rings. The highest BCUT2D eigenvalue weighted by atomic mass is 19.3. The zero-order chi connectivity index (χ0) is 15.4. The van der Waals surface area contributed by atoms with Crippen LogP contribution >= 0.6 is 0 Å². The molecule has 1 atom stereocenters. The lowest BCUT2D eigenvalue weighted by molar-refractivity contribution is 0.0618. The van der Waals surface area contributed by atoms with Crippen LogP contribution in [0.4, 0.5) is 8.78 Å². The van der Waals surface area contributed by atoms with E-state index in [4.69, 9.17) is 4.74 Å². The highest BCUT2D eigenvalue weighted by Gasteiger charge is 2.31. The molecule has 1 amide bonds. The van der Waals surface area contributed by atoms with Crippen molar-refractivity contribution in [3.63, 3.8) is 0 Å². The number of ether oxygens (including phenoxy) is 1. The Labute approximate surface area is 121 Å². The number of nitrogens with zero attached hydrogens (tertiary/aromatic N) is 2. The van der Waals surface area contributed by atoms with Gasteiger partial charge in [-0.3, -0.25) is 4.79 Å². The Hall–Kier alpha value is -1.76. The Kier molecular flexibility index (Phi) is 5.06. The summed E-state index contributed by atoms with van der Waals surface area (Å²) in [5, 5.41) is 9.86. The van der Waals surface area contributed by atoms with Gasteiger partial charge in [-0.1, -0.05) is 0 Å². The smallest absolute Gasteiger partial charge is 0.276 e. The van der Waals surface area contributed by atoms with Crippen LogP contribution in [0.25, 0.3) is 0 Å². The Bertz CT molecular complexity index is 495. The van der Waals surface area contributed by atoms with Crippen molar-refractivity contribution in [2.45, 2.75) is 25.4 Å². The number of carbonyl (C=O) groups excluding carboxylic acids is 1. The highest BCUT2D eigenvalue weighted by molar-refractivity contribution is 5.94. The van der Waals surface area contributed by atoms with Gasteiger partial charge >= 0.3 is 0 Å². The molecule has 116 valence electrons. The van der Waals surface area contributed by atoms with Crippen molar-refractivity contribution >= 4 is 5.91 Å². The fourth-order valence-electron chi connectivity index (χ4n) is 1.99. The molecular weight excluding hydrogens is 282 g/mol. The maximum Gasteiger partial charge on any atom is 0.276 e. The average molecular weight is 300 g/mol. The van der Waals surface area contributed by atoms with Gasteiger partial charge < -0.3 is 14.7 Å². The molecule has 1 aliphatic rings. The summed E-state index contributed by atoms with van der Waals surface area (Å²) in [6.45, 7) is -0.602. The van der Waals surface area contributed by atoms with Crippen molar-refractivity contribution in [3.05, 3.63) is 24.0 Å². The molecule has 0 bridgehead atoms. The van der Waals surface area contributed by atoms with Crippen LogP contribution < -0.4 is 4.74 Å². The first kappa shape index (κ1) is 15.6. The zero-order valence-corrected chi connectivity index (χ0v) is 11.7. The lowest BCUT2D eigenvalue weighted by Crippen LogP contribution is -2.35. The van der Waals surface area contributed by atoms with Crippen molar-refractivity contribution < 1.29 is 23.4 Å². The number of aromatic nitrogens is 1. The molecule has 5 nitrogen and oxygen atoms in total. The van der Waals surface area contributed by atoms with Gasteiger partial charge in [-0.2, -0.15) is 0 Å². The monoisotopic (exact) mass is 300 g/mol. The van der Waals surface area contributed by atoms with Gasteiger partial charge in [-0.15, -0.1) is 0 Å². The van der Waals surface area contributed by atoms with Crippen LogP contribution in [0.1, 0.15) is 23.3 Å². The van der Waals surface area contributed by atoms with Gasteiger partial charge in [0.05, 0.1) is 6.10 Å². The standard InChI is InChI=1S/C14H18F2N2O3/c1-18(7-10(19)9-4-5-9)14(20)13-11(3-2-6-17-13)21-8-12(15)16/h2-3,6,9-10,12,19H,4-5,7-8H2,1H3. The molecule has 1 aliphatic carbocycles. The molecule has 7 heteroatoms.